The normalized spacial score (nSPS) is 21.2. The number of morpholine rings is 1. The van der Waals surface area contributed by atoms with Crippen LogP contribution in [0.15, 0.2) is 24.3 Å². The topological polar surface area (TPSA) is 32.8 Å². The number of anilines is 1. The monoisotopic (exact) mass is 354 g/mol. The number of alkyl halides is 1. The summed E-state index contributed by atoms with van der Waals surface area (Å²) in [5, 5.41) is 0.734. The highest BCUT2D eigenvalue weighted by Crippen LogP contribution is 2.24. The standard InChI is InChI=1S/C16H23BrN2O2/c1-16(2)11-19(10-14(9-17)21-16)15(20)12-6-5-7-13(8-12)18(3)4/h5-8,14H,9-11H2,1-4H3. The van der Waals surface area contributed by atoms with Crippen molar-refractivity contribution in [3.63, 3.8) is 0 Å². The summed E-state index contributed by atoms with van der Waals surface area (Å²) in [5.41, 5.74) is 1.45. The van der Waals surface area contributed by atoms with Crippen LogP contribution in [0.5, 0.6) is 0 Å². The number of carbonyl (C=O) groups is 1. The van der Waals surface area contributed by atoms with Crippen molar-refractivity contribution in [2.45, 2.75) is 25.6 Å². The Kier molecular flexibility index (Phi) is 4.94. The van der Waals surface area contributed by atoms with Gasteiger partial charge in [-0.1, -0.05) is 22.0 Å². The summed E-state index contributed by atoms with van der Waals surface area (Å²) in [6.45, 7) is 5.29. The van der Waals surface area contributed by atoms with Crippen molar-refractivity contribution < 1.29 is 9.53 Å². The van der Waals surface area contributed by atoms with E-state index < -0.39 is 0 Å². The predicted molar refractivity (Wildman–Crippen MR) is 89.4 cm³/mol. The molecule has 0 N–H and O–H groups in total. The van der Waals surface area contributed by atoms with E-state index in [4.69, 9.17) is 4.74 Å². The lowest BCUT2D eigenvalue weighted by atomic mass is 10.0. The van der Waals surface area contributed by atoms with Crippen molar-refractivity contribution in [2.75, 3.05) is 37.4 Å². The van der Waals surface area contributed by atoms with Crippen LogP contribution in [0.3, 0.4) is 0 Å². The molecule has 1 atom stereocenters. The number of hydrogen-bond acceptors (Lipinski definition) is 3. The molecule has 1 aromatic carbocycles. The van der Waals surface area contributed by atoms with Crippen LogP contribution in [0.25, 0.3) is 0 Å². The molecule has 0 saturated carbocycles. The minimum absolute atomic E-state index is 0.0368. The highest BCUT2D eigenvalue weighted by molar-refractivity contribution is 9.09. The third-order valence-electron chi connectivity index (χ3n) is 3.55. The fourth-order valence-corrected chi connectivity index (χ4v) is 2.97. The molecule has 2 rings (SSSR count). The van der Waals surface area contributed by atoms with Crippen LogP contribution >= 0.6 is 15.9 Å². The van der Waals surface area contributed by atoms with Crippen molar-refractivity contribution in [3.05, 3.63) is 29.8 Å². The number of rotatable bonds is 3. The van der Waals surface area contributed by atoms with E-state index in [0.29, 0.717) is 13.1 Å². The highest BCUT2D eigenvalue weighted by Gasteiger charge is 2.35. The first-order valence-electron chi connectivity index (χ1n) is 7.13. The van der Waals surface area contributed by atoms with Crippen LogP contribution in [0.1, 0.15) is 24.2 Å². The van der Waals surface area contributed by atoms with Gasteiger partial charge >= 0.3 is 0 Å². The zero-order valence-corrected chi connectivity index (χ0v) is 14.7. The number of carbonyl (C=O) groups excluding carboxylic acids is 1. The zero-order chi connectivity index (χ0) is 15.6. The van der Waals surface area contributed by atoms with E-state index in [1.165, 1.54) is 0 Å². The maximum atomic E-state index is 12.8. The van der Waals surface area contributed by atoms with E-state index in [1.54, 1.807) is 0 Å². The van der Waals surface area contributed by atoms with Gasteiger partial charge in [-0.05, 0) is 32.0 Å². The van der Waals surface area contributed by atoms with Gasteiger partial charge in [0.05, 0.1) is 11.7 Å². The lowest BCUT2D eigenvalue weighted by Crippen LogP contribution is -2.55. The summed E-state index contributed by atoms with van der Waals surface area (Å²) in [5.74, 6) is 0.0704. The quantitative estimate of drug-likeness (QED) is 0.782. The molecule has 1 aromatic rings. The van der Waals surface area contributed by atoms with Gasteiger partial charge in [0.2, 0.25) is 0 Å². The Morgan fingerprint density at radius 2 is 2.19 bits per heavy atom. The van der Waals surface area contributed by atoms with Crippen molar-refractivity contribution in [1.29, 1.82) is 0 Å². The van der Waals surface area contributed by atoms with E-state index in [1.807, 2.05) is 62.0 Å². The largest absolute Gasteiger partial charge is 0.378 e. The Labute approximate surface area is 135 Å². The maximum absolute atomic E-state index is 12.8. The first kappa shape index (κ1) is 16.3. The van der Waals surface area contributed by atoms with Crippen molar-refractivity contribution >= 4 is 27.5 Å². The molecule has 0 bridgehead atoms. The Bertz CT molecular complexity index is 517. The van der Waals surface area contributed by atoms with E-state index in [-0.39, 0.29) is 17.6 Å². The fraction of sp³-hybridized carbons (Fsp3) is 0.562. The van der Waals surface area contributed by atoms with Gasteiger partial charge in [0.25, 0.3) is 5.91 Å². The third-order valence-corrected chi connectivity index (χ3v) is 4.27. The summed E-state index contributed by atoms with van der Waals surface area (Å²) < 4.78 is 5.95. The molecule has 4 nitrogen and oxygen atoms in total. The predicted octanol–water partition coefficient (Wildman–Crippen LogP) is 2.77. The van der Waals surface area contributed by atoms with Crippen molar-refractivity contribution in [2.24, 2.45) is 0 Å². The van der Waals surface area contributed by atoms with Gasteiger partial charge < -0.3 is 14.5 Å². The molecular weight excluding hydrogens is 332 g/mol. The average molecular weight is 355 g/mol. The summed E-state index contributed by atoms with van der Waals surface area (Å²) in [6, 6.07) is 7.74. The molecule has 116 valence electrons. The Balaban J connectivity index is 2.20. The first-order chi connectivity index (χ1) is 9.82. The van der Waals surface area contributed by atoms with Gasteiger partial charge in [-0.15, -0.1) is 0 Å². The molecule has 0 spiro atoms. The van der Waals surface area contributed by atoms with Crippen LogP contribution < -0.4 is 4.90 Å². The van der Waals surface area contributed by atoms with E-state index >= 15 is 0 Å². The van der Waals surface area contributed by atoms with Crippen molar-refractivity contribution in [3.8, 4) is 0 Å². The Hall–Kier alpha value is -1.07. The first-order valence-corrected chi connectivity index (χ1v) is 8.25. The van der Waals surface area contributed by atoms with E-state index in [0.717, 1.165) is 16.6 Å². The molecule has 1 saturated heterocycles. The second-order valence-electron chi connectivity index (χ2n) is 6.28. The molecule has 5 heteroatoms. The Morgan fingerprint density at radius 1 is 1.48 bits per heavy atom. The van der Waals surface area contributed by atoms with Gasteiger partial charge in [0.15, 0.2) is 0 Å². The van der Waals surface area contributed by atoms with Gasteiger partial charge in [0.1, 0.15) is 0 Å². The molecule has 1 amide bonds. The van der Waals surface area contributed by atoms with Gasteiger partial charge in [-0.25, -0.2) is 0 Å². The zero-order valence-electron chi connectivity index (χ0n) is 13.1. The minimum atomic E-state index is -0.314. The molecule has 0 radical (unpaired) electrons. The molecule has 0 aromatic heterocycles. The van der Waals surface area contributed by atoms with Crippen LogP contribution in [-0.4, -0.2) is 55.0 Å². The second kappa shape index (κ2) is 6.36. The number of halogens is 1. The number of amides is 1. The number of ether oxygens (including phenoxy) is 1. The minimum Gasteiger partial charge on any atom is -0.378 e. The summed E-state index contributed by atoms with van der Waals surface area (Å²) in [7, 11) is 3.95. The molecule has 1 heterocycles. The van der Waals surface area contributed by atoms with Gasteiger partial charge in [-0.3, -0.25) is 4.79 Å². The molecule has 1 aliphatic heterocycles. The summed E-state index contributed by atoms with van der Waals surface area (Å²) >= 11 is 3.46. The summed E-state index contributed by atoms with van der Waals surface area (Å²) in [6.07, 6.45) is 0.0368. The van der Waals surface area contributed by atoms with E-state index in [2.05, 4.69) is 15.9 Å². The molecule has 1 unspecified atom stereocenters. The molecule has 21 heavy (non-hydrogen) atoms. The molecule has 1 fully saturated rings. The number of hydrogen-bond donors (Lipinski definition) is 0. The second-order valence-corrected chi connectivity index (χ2v) is 6.93. The summed E-state index contributed by atoms with van der Waals surface area (Å²) in [4.78, 5) is 16.7. The van der Waals surface area contributed by atoms with Crippen LogP contribution in [0, 0.1) is 0 Å². The Morgan fingerprint density at radius 3 is 2.81 bits per heavy atom. The maximum Gasteiger partial charge on any atom is 0.254 e. The number of benzene rings is 1. The lowest BCUT2D eigenvalue weighted by molar-refractivity contribution is -0.116. The smallest absolute Gasteiger partial charge is 0.254 e. The lowest BCUT2D eigenvalue weighted by Gasteiger charge is -2.42. The molecule has 0 aliphatic carbocycles. The SMILES string of the molecule is CN(C)c1cccc(C(=O)N2CC(CBr)OC(C)(C)C2)c1. The van der Waals surface area contributed by atoms with Crippen molar-refractivity contribution in [1.82, 2.24) is 4.90 Å². The number of nitrogens with zero attached hydrogens (tertiary/aromatic N) is 2. The molecule has 1 aliphatic rings. The highest BCUT2D eigenvalue weighted by atomic mass is 79.9. The third kappa shape index (κ3) is 3.98. The van der Waals surface area contributed by atoms with Crippen LogP contribution in [-0.2, 0) is 4.74 Å². The average Bonchev–Trinajstić information content (AvgIpc) is 2.44. The van der Waals surface area contributed by atoms with Crippen LogP contribution in [0.2, 0.25) is 0 Å². The van der Waals surface area contributed by atoms with Gasteiger partial charge in [-0.2, -0.15) is 0 Å². The molecular formula is C16H23BrN2O2. The van der Waals surface area contributed by atoms with Crippen LogP contribution in [0.4, 0.5) is 5.69 Å². The van der Waals surface area contributed by atoms with Gasteiger partial charge in [0, 0.05) is 43.8 Å². The fourth-order valence-electron chi connectivity index (χ4n) is 2.63. The van der Waals surface area contributed by atoms with E-state index in [9.17, 15) is 4.79 Å².